The maximum Gasteiger partial charge on any atom is 0.249 e. The van der Waals surface area contributed by atoms with Gasteiger partial charge in [0.1, 0.15) is 6.10 Å². The first-order valence-electron chi connectivity index (χ1n) is 8.62. The van der Waals surface area contributed by atoms with Gasteiger partial charge in [0.15, 0.2) is 5.82 Å². The first kappa shape index (κ1) is 16.4. The molecule has 1 aliphatic heterocycles. The fourth-order valence-electron chi connectivity index (χ4n) is 3.12. The Morgan fingerprint density at radius 2 is 2.13 bits per heavy atom. The Labute approximate surface area is 136 Å². The lowest BCUT2D eigenvalue weighted by molar-refractivity contribution is -0.133. The highest BCUT2D eigenvalue weighted by Crippen LogP contribution is 2.23. The molecule has 2 aliphatic rings. The summed E-state index contributed by atoms with van der Waals surface area (Å²) in [6.45, 7) is 4.67. The predicted octanol–water partition coefficient (Wildman–Crippen LogP) is 0.662. The zero-order valence-electron chi connectivity index (χ0n) is 13.7. The van der Waals surface area contributed by atoms with Gasteiger partial charge in [0.05, 0.1) is 0 Å². The maximum atomic E-state index is 11.9. The highest BCUT2D eigenvalue weighted by Gasteiger charge is 2.32. The normalized spacial score (nSPS) is 21.3. The van der Waals surface area contributed by atoms with Crippen molar-refractivity contribution in [1.82, 2.24) is 20.4 Å². The van der Waals surface area contributed by atoms with Gasteiger partial charge in [-0.1, -0.05) is 5.16 Å². The molecule has 1 aromatic heterocycles. The van der Waals surface area contributed by atoms with Crippen LogP contribution in [0.25, 0.3) is 0 Å². The minimum atomic E-state index is -0.848. The molecule has 3 rings (SSSR count). The maximum absolute atomic E-state index is 11.9. The smallest absolute Gasteiger partial charge is 0.249 e. The molecule has 7 nitrogen and oxygen atoms in total. The summed E-state index contributed by atoms with van der Waals surface area (Å²) in [6.07, 6.45) is 4.79. The van der Waals surface area contributed by atoms with Crippen LogP contribution in [0.3, 0.4) is 0 Å². The van der Waals surface area contributed by atoms with Crippen LogP contribution in [0.4, 0.5) is 0 Å². The third kappa shape index (κ3) is 4.75. The molecular formula is C16H26N4O3. The van der Waals surface area contributed by atoms with Crippen LogP contribution >= 0.6 is 0 Å². The number of nitrogens with one attached hydrogen (secondary N) is 1. The van der Waals surface area contributed by atoms with Gasteiger partial charge in [-0.15, -0.1) is 0 Å². The molecule has 2 heterocycles. The van der Waals surface area contributed by atoms with Crippen molar-refractivity contribution in [2.75, 3.05) is 19.6 Å². The van der Waals surface area contributed by atoms with E-state index in [9.17, 15) is 9.90 Å². The SMILES string of the molecule is Cc1noc(CCCN2CCC(C(O)C(=O)NC3CC3)CC2)n1. The quantitative estimate of drug-likeness (QED) is 0.766. The lowest BCUT2D eigenvalue weighted by atomic mass is 9.90. The Kier molecular flexibility index (Phi) is 5.27. The zero-order chi connectivity index (χ0) is 16.2. The van der Waals surface area contributed by atoms with E-state index in [0.717, 1.165) is 58.2 Å². The standard InChI is InChI=1S/C16H26N4O3/c1-11-17-14(23-19-11)3-2-8-20-9-6-12(7-10-20)15(21)16(22)18-13-4-5-13/h12-13,15,21H,2-10H2,1H3,(H,18,22). The van der Waals surface area contributed by atoms with Crippen LogP contribution in [0, 0.1) is 12.8 Å². The molecule has 1 atom stereocenters. The molecule has 23 heavy (non-hydrogen) atoms. The van der Waals surface area contributed by atoms with Crippen molar-refractivity contribution in [2.45, 2.75) is 57.6 Å². The van der Waals surface area contributed by atoms with Gasteiger partial charge in [-0.05, 0) is 64.6 Å². The minimum absolute atomic E-state index is 0.0867. The second-order valence-electron chi connectivity index (χ2n) is 6.75. The molecule has 1 unspecified atom stereocenters. The summed E-state index contributed by atoms with van der Waals surface area (Å²) in [5.41, 5.74) is 0. The summed E-state index contributed by atoms with van der Waals surface area (Å²) in [7, 11) is 0. The van der Waals surface area contributed by atoms with Crippen molar-refractivity contribution in [2.24, 2.45) is 5.92 Å². The summed E-state index contributed by atoms with van der Waals surface area (Å²) in [5.74, 6) is 1.28. The van der Waals surface area contributed by atoms with Crippen molar-refractivity contribution in [1.29, 1.82) is 0 Å². The molecular weight excluding hydrogens is 296 g/mol. The number of aromatic nitrogens is 2. The third-order valence-electron chi connectivity index (χ3n) is 4.71. The molecule has 1 saturated carbocycles. The Balaban J connectivity index is 1.33. The second-order valence-corrected chi connectivity index (χ2v) is 6.75. The topological polar surface area (TPSA) is 91.5 Å². The van der Waals surface area contributed by atoms with E-state index in [0.29, 0.717) is 17.8 Å². The number of likely N-dealkylation sites (tertiary alicyclic amines) is 1. The Hall–Kier alpha value is -1.47. The number of hydrogen-bond donors (Lipinski definition) is 2. The first-order valence-corrected chi connectivity index (χ1v) is 8.62. The van der Waals surface area contributed by atoms with Gasteiger partial charge in [0.25, 0.3) is 0 Å². The van der Waals surface area contributed by atoms with Crippen molar-refractivity contribution in [3.05, 3.63) is 11.7 Å². The van der Waals surface area contributed by atoms with E-state index in [4.69, 9.17) is 4.52 Å². The van der Waals surface area contributed by atoms with Crippen molar-refractivity contribution in [3.63, 3.8) is 0 Å². The number of amides is 1. The molecule has 0 radical (unpaired) electrons. The van der Waals surface area contributed by atoms with Crippen molar-refractivity contribution < 1.29 is 14.4 Å². The van der Waals surface area contributed by atoms with E-state index in [1.807, 2.05) is 6.92 Å². The number of aliphatic hydroxyl groups excluding tert-OH is 1. The molecule has 2 N–H and O–H groups in total. The molecule has 2 fully saturated rings. The van der Waals surface area contributed by atoms with Crippen molar-refractivity contribution in [3.8, 4) is 0 Å². The largest absolute Gasteiger partial charge is 0.383 e. The highest BCUT2D eigenvalue weighted by atomic mass is 16.5. The van der Waals surface area contributed by atoms with Gasteiger partial charge in [-0.3, -0.25) is 4.79 Å². The number of aliphatic hydroxyl groups is 1. The molecule has 0 spiro atoms. The fourth-order valence-corrected chi connectivity index (χ4v) is 3.12. The van der Waals surface area contributed by atoms with Gasteiger partial charge in [0.2, 0.25) is 11.8 Å². The third-order valence-corrected chi connectivity index (χ3v) is 4.71. The fraction of sp³-hybridized carbons (Fsp3) is 0.812. The van der Waals surface area contributed by atoms with Gasteiger partial charge >= 0.3 is 0 Å². The lowest BCUT2D eigenvalue weighted by Gasteiger charge is -2.33. The van der Waals surface area contributed by atoms with Crippen LogP contribution in [0.1, 0.15) is 43.8 Å². The zero-order valence-corrected chi connectivity index (χ0v) is 13.7. The molecule has 0 aromatic carbocycles. The molecule has 128 valence electrons. The lowest BCUT2D eigenvalue weighted by Crippen LogP contribution is -2.45. The average molecular weight is 322 g/mol. The summed E-state index contributed by atoms with van der Waals surface area (Å²) in [6, 6.07) is 0.311. The van der Waals surface area contributed by atoms with E-state index in [1.54, 1.807) is 0 Å². The van der Waals surface area contributed by atoms with Crippen LogP contribution < -0.4 is 5.32 Å². The van der Waals surface area contributed by atoms with Gasteiger partial charge in [0, 0.05) is 12.5 Å². The predicted molar refractivity (Wildman–Crippen MR) is 83.7 cm³/mol. The average Bonchev–Trinajstić information content (AvgIpc) is 3.27. The minimum Gasteiger partial charge on any atom is -0.383 e. The number of carbonyl (C=O) groups excluding carboxylic acids is 1. The number of piperidine rings is 1. The summed E-state index contributed by atoms with van der Waals surface area (Å²) >= 11 is 0. The summed E-state index contributed by atoms with van der Waals surface area (Å²) < 4.78 is 5.11. The number of carbonyl (C=O) groups is 1. The Bertz CT molecular complexity index is 521. The van der Waals surface area contributed by atoms with Crippen LogP contribution in [-0.4, -0.2) is 57.8 Å². The van der Waals surface area contributed by atoms with E-state index in [2.05, 4.69) is 20.4 Å². The van der Waals surface area contributed by atoms with E-state index < -0.39 is 6.10 Å². The number of aryl methyl sites for hydroxylation is 2. The molecule has 0 bridgehead atoms. The second kappa shape index (κ2) is 7.40. The Morgan fingerprint density at radius 3 is 2.74 bits per heavy atom. The van der Waals surface area contributed by atoms with Crippen LogP contribution in [0.5, 0.6) is 0 Å². The van der Waals surface area contributed by atoms with E-state index in [1.165, 1.54) is 0 Å². The number of rotatable bonds is 7. The molecule has 1 aliphatic carbocycles. The molecule has 1 saturated heterocycles. The Morgan fingerprint density at radius 1 is 1.39 bits per heavy atom. The monoisotopic (exact) mass is 322 g/mol. The van der Waals surface area contributed by atoms with E-state index in [-0.39, 0.29) is 11.8 Å². The first-order chi connectivity index (χ1) is 11.1. The summed E-state index contributed by atoms with van der Waals surface area (Å²) in [5, 5.41) is 16.9. The van der Waals surface area contributed by atoms with Gasteiger partial charge in [-0.25, -0.2) is 0 Å². The number of nitrogens with zero attached hydrogens (tertiary/aromatic N) is 3. The van der Waals surface area contributed by atoms with E-state index >= 15 is 0 Å². The highest BCUT2D eigenvalue weighted by molar-refractivity contribution is 5.81. The van der Waals surface area contributed by atoms with Gasteiger partial charge in [-0.2, -0.15) is 4.98 Å². The molecule has 1 amide bonds. The number of hydrogen-bond acceptors (Lipinski definition) is 6. The molecule has 1 aromatic rings. The van der Waals surface area contributed by atoms with Crippen molar-refractivity contribution >= 4 is 5.91 Å². The van der Waals surface area contributed by atoms with Crippen LogP contribution in [0.2, 0.25) is 0 Å². The van der Waals surface area contributed by atoms with Gasteiger partial charge < -0.3 is 19.8 Å². The van der Waals surface area contributed by atoms with Crippen LogP contribution in [0.15, 0.2) is 4.52 Å². The molecule has 7 heteroatoms. The summed E-state index contributed by atoms with van der Waals surface area (Å²) in [4.78, 5) is 18.5. The van der Waals surface area contributed by atoms with Crippen LogP contribution in [-0.2, 0) is 11.2 Å².